The van der Waals surface area contributed by atoms with Gasteiger partial charge in [0.2, 0.25) is 5.91 Å². The monoisotopic (exact) mass is 327 g/mol. The van der Waals surface area contributed by atoms with Gasteiger partial charge in [-0.1, -0.05) is 6.07 Å². The predicted octanol–water partition coefficient (Wildman–Crippen LogP) is 1.75. The van der Waals surface area contributed by atoms with Gasteiger partial charge in [-0.25, -0.2) is 8.78 Å². The minimum Gasteiger partial charge on any atom is -0.481 e. The summed E-state index contributed by atoms with van der Waals surface area (Å²) in [7, 11) is 0. The van der Waals surface area contributed by atoms with E-state index in [2.05, 4.69) is 5.32 Å². The molecule has 0 bridgehead atoms. The van der Waals surface area contributed by atoms with Crippen molar-refractivity contribution in [2.75, 3.05) is 19.8 Å². The third kappa shape index (κ3) is 4.99. The van der Waals surface area contributed by atoms with Crippen molar-refractivity contribution in [1.82, 2.24) is 5.32 Å². The van der Waals surface area contributed by atoms with Crippen LogP contribution in [0.4, 0.5) is 8.78 Å². The number of carboxylic acids is 1. The molecule has 126 valence electrons. The van der Waals surface area contributed by atoms with Crippen molar-refractivity contribution < 1.29 is 28.2 Å². The van der Waals surface area contributed by atoms with Gasteiger partial charge >= 0.3 is 5.97 Å². The summed E-state index contributed by atoms with van der Waals surface area (Å²) >= 11 is 0. The molecule has 7 heteroatoms. The zero-order valence-corrected chi connectivity index (χ0v) is 12.6. The lowest BCUT2D eigenvalue weighted by Crippen LogP contribution is -2.39. The smallest absolute Gasteiger partial charge is 0.308 e. The van der Waals surface area contributed by atoms with Gasteiger partial charge in [0.25, 0.3) is 0 Å². The van der Waals surface area contributed by atoms with Crippen molar-refractivity contribution in [3.05, 3.63) is 35.4 Å². The van der Waals surface area contributed by atoms with E-state index < -0.39 is 29.4 Å². The number of halogens is 2. The molecule has 1 saturated heterocycles. The molecule has 0 radical (unpaired) electrons. The van der Waals surface area contributed by atoms with E-state index >= 15 is 0 Å². The van der Waals surface area contributed by atoms with Crippen molar-refractivity contribution in [2.24, 2.45) is 11.8 Å². The SMILES string of the molecule is O=C(Cc1ccc(F)cc1F)NCC(C(=O)O)C1CCOCC1. The van der Waals surface area contributed by atoms with Gasteiger partial charge in [-0.15, -0.1) is 0 Å². The molecule has 0 aromatic heterocycles. The van der Waals surface area contributed by atoms with Gasteiger partial charge in [-0.2, -0.15) is 0 Å². The highest BCUT2D eigenvalue weighted by Gasteiger charge is 2.30. The van der Waals surface area contributed by atoms with Gasteiger partial charge in [0.1, 0.15) is 11.6 Å². The maximum absolute atomic E-state index is 13.5. The van der Waals surface area contributed by atoms with Crippen LogP contribution in [0, 0.1) is 23.5 Å². The average Bonchev–Trinajstić information content (AvgIpc) is 2.51. The molecular formula is C16H19F2NO4. The Labute approximate surface area is 132 Å². The maximum Gasteiger partial charge on any atom is 0.308 e. The lowest BCUT2D eigenvalue weighted by molar-refractivity contribution is -0.144. The summed E-state index contributed by atoms with van der Waals surface area (Å²) in [6.07, 6.45) is 1.02. The van der Waals surface area contributed by atoms with E-state index in [1.54, 1.807) is 0 Å². The fourth-order valence-electron chi connectivity index (χ4n) is 2.70. The zero-order chi connectivity index (χ0) is 16.8. The highest BCUT2D eigenvalue weighted by atomic mass is 19.1. The number of rotatable bonds is 6. The van der Waals surface area contributed by atoms with Crippen LogP contribution in [-0.4, -0.2) is 36.7 Å². The van der Waals surface area contributed by atoms with E-state index in [-0.39, 0.29) is 24.4 Å². The molecule has 2 rings (SSSR count). The Kier molecular flexibility index (Phi) is 6.04. The fraction of sp³-hybridized carbons (Fsp3) is 0.500. The summed E-state index contributed by atoms with van der Waals surface area (Å²) in [5, 5.41) is 11.8. The molecule has 23 heavy (non-hydrogen) atoms. The molecule has 1 aliphatic rings. The van der Waals surface area contributed by atoms with Crippen LogP contribution in [0.3, 0.4) is 0 Å². The van der Waals surface area contributed by atoms with Crippen molar-refractivity contribution in [3.8, 4) is 0 Å². The van der Waals surface area contributed by atoms with Crippen molar-refractivity contribution in [1.29, 1.82) is 0 Å². The standard InChI is InChI=1S/C16H19F2NO4/c17-12-2-1-11(14(18)8-12)7-15(20)19-9-13(16(21)22)10-3-5-23-6-4-10/h1-2,8,10,13H,3-7,9H2,(H,19,20)(H,21,22). The lowest BCUT2D eigenvalue weighted by atomic mass is 9.86. The second-order valence-corrected chi connectivity index (χ2v) is 5.61. The van der Waals surface area contributed by atoms with Crippen LogP contribution in [0.15, 0.2) is 18.2 Å². The molecule has 1 aromatic rings. The summed E-state index contributed by atoms with van der Waals surface area (Å²) in [5.41, 5.74) is 0.0711. The van der Waals surface area contributed by atoms with Gasteiger partial charge in [0.05, 0.1) is 12.3 Å². The summed E-state index contributed by atoms with van der Waals surface area (Å²) < 4.78 is 31.5. The average molecular weight is 327 g/mol. The summed E-state index contributed by atoms with van der Waals surface area (Å²) in [6, 6.07) is 3.00. The number of hydrogen-bond acceptors (Lipinski definition) is 3. The van der Waals surface area contributed by atoms with Crippen LogP contribution < -0.4 is 5.32 Å². The molecule has 1 amide bonds. The van der Waals surface area contributed by atoms with Crippen LogP contribution in [0.1, 0.15) is 18.4 Å². The Hall–Kier alpha value is -2.02. The molecule has 1 aromatic carbocycles. The summed E-state index contributed by atoms with van der Waals surface area (Å²) in [4.78, 5) is 23.2. The lowest BCUT2D eigenvalue weighted by Gasteiger charge is -2.27. The first-order valence-corrected chi connectivity index (χ1v) is 7.48. The highest BCUT2D eigenvalue weighted by molar-refractivity contribution is 5.79. The van der Waals surface area contributed by atoms with E-state index in [1.807, 2.05) is 0 Å². The van der Waals surface area contributed by atoms with Crippen molar-refractivity contribution in [3.63, 3.8) is 0 Å². The van der Waals surface area contributed by atoms with Crippen LogP contribution in [0.25, 0.3) is 0 Å². The molecule has 0 spiro atoms. The Bertz CT molecular complexity index is 573. The molecule has 1 aliphatic heterocycles. The van der Waals surface area contributed by atoms with Crippen LogP contribution >= 0.6 is 0 Å². The van der Waals surface area contributed by atoms with Crippen molar-refractivity contribution in [2.45, 2.75) is 19.3 Å². The first-order chi connectivity index (χ1) is 11.0. The Morgan fingerprint density at radius 1 is 1.30 bits per heavy atom. The minimum atomic E-state index is -0.967. The molecule has 0 saturated carbocycles. The Morgan fingerprint density at radius 2 is 2.00 bits per heavy atom. The predicted molar refractivity (Wildman–Crippen MR) is 77.7 cm³/mol. The molecule has 5 nitrogen and oxygen atoms in total. The number of aliphatic carboxylic acids is 1. The topological polar surface area (TPSA) is 75.6 Å². The van der Waals surface area contributed by atoms with Crippen molar-refractivity contribution >= 4 is 11.9 Å². The first-order valence-electron chi connectivity index (χ1n) is 7.48. The number of carbonyl (C=O) groups is 2. The number of carbonyl (C=O) groups excluding carboxylic acids is 1. The first kappa shape index (κ1) is 17.3. The van der Waals surface area contributed by atoms with Gasteiger partial charge in [-0.05, 0) is 30.4 Å². The number of ether oxygens (including phenoxy) is 1. The molecule has 0 aliphatic carbocycles. The molecule has 1 fully saturated rings. The van der Waals surface area contributed by atoms with Gasteiger partial charge in [-0.3, -0.25) is 9.59 Å². The quantitative estimate of drug-likeness (QED) is 0.835. The largest absolute Gasteiger partial charge is 0.481 e. The van der Waals surface area contributed by atoms with Gasteiger partial charge in [0, 0.05) is 25.8 Å². The molecule has 1 heterocycles. The number of carboxylic acid groups (broad SMARTS) is 1. The third-order valence-corrected chi connectivity index (χ3v) is 4.04. The van der Waals surface area contributed by atoms with Gasteiger partial charge in [0.15, 0.2) is 0 Å². The molecule has 2 N–H and O–H groups in total. The van der Waals surface area contributed by atoms with Crippen LogP contribution in [0.5, 0.6) is 0 Å². The van der Waals surface area contributed by atoms with Gasteiger partial charge < -0.3 is 15.2 Å². The van der Waals surface area contributed by atoms with E-state index in [4.69, 9.17) is 4.74 Å². The second kappa shape index (κ2) is 8.01. The molecular weight excluding hydrogens is 308 g/mol. The van der Waals surface area contributed by atoms with Crippen LogP contribution in [0.2, 0.25) is 0 Å². The minimum absolute atomic E-state index is 0.0123. The van der Waals surface area contributed by atoms with E-state index in [0.29, 0.717) is 32.1 Å². The number of amides is 1. The Morgan fingerprint density at radius 3 is 2.61 bits per heavy atom. The number of nitrogens with one attached hydrogen (secondary N) is 1. The second-order valence-electron chi connectivity index (χ2n) is 5.61. The summed E-state index contributed by atoms with van der Waals surface area (Å²) in [6.45, 7) is 1.02. The zero-order valence-electron chi connectivity index (χ0n) is 12.6. The van der Waals surface area contributed by atoms with E-state index in [0.717, 1.165) is 6.07 Å². The normalized spacial score (nSPS) is 16.8. The maximum atomic E-state index is 13.5. The fourth-order valence-corrected chi connectivity index (χ4v) is 2.70. The Balaban J connectivity index is 1.89. The van der Waals surface area contributed by atoms with E-state index in [9.17, 15) is 23.5 Å². The molecule has 1 unspecified atom stereocenters. The molecule has 1 atom stereocenters. The highest BCUT2D eigenvalue weighted by Crippen LogP contribution is 2.23. The summed E-state index contributed by atoms with van der Waals surface area (Å²) in [5.74, 6) is -3.71. The van der Waals surface area contributed by atoms with Crippen LogP contribution in [-0.2, 0) is 20.7 Å². The third-order valence-electron chi connectivity index (χ3n) is 4.04. The number of benzene rings is 1. The van der Waals surface area contributed by atoms with E-state index in [1.165, 1.54) is 6.07 Å². The number of hydrogen-bond donors (Lipinski definition) is 2.